The van der Waals surface area contributed by atoms with Crippen LogP contribution in [0.25, 0.3) is 0 Å². The molecule has 1 unspecified atom stereocenters. The zero-order valence-electron chi connectivity index (χ0n) is 6.93. The van der Waals surface area contributed by atoms with Crippen LogP contribution in [0, 0.1) is 0 Å². The average molecular weight is 168 g/mol. The van der Waals surface area contributed by atoms with E-state index in [0.29, 0.717) is 0 Å². The van der Waals surface area contributed by atoms with Gasteiger partial charge in [0.25, 0.3) is 0 Å². The van der Waals surface area contributed by atoms with Crippen molar-refractivity contribution in [2.75, 3.05) is 0 Å². The number of aliphatic hydroxyl groups excluding tert-OH is 1. The summed E-state index contributed by atoms with van der Waals surface area (Å²) in [6.45, 7) is 5.07. The summed E-state index contributed by atoms with van der Waals surface area (Å²) < 4.78 is 4.42. The highest BCUT2D eigenvalue weighted by molar-refractivity contribution is 5.82. The first kappa shape index (κ1) is 10.7. The lowest BCUT2D eigenvalue weighted by Crippen LogP contribution is -2.12. The van der Waals surface area contributed by atoms with Crippen LogP contribution in [0.4, 0.5) is 0 Å². The number of aliphatic hydroxyl groups is 1. The van der Waals surface area contributed by atoms with Crippen molar-refractivity contribution in [3.05, 3.63) is 37.0 Å². The SMILES string of the molecule is C=CC(O)OC(=O)/C=C/C=C/C. The van der Waals surface area contributed by atoms with Gasteiger partial charge in [0.2, 0.25) is 6.29 Å². The lowest BCUT2D eigenvalue weighted by molar-refractivity contribution is -0.154. The quantitative estimate of drug-likeness (QED) is 0.225. The second-order valence-electron chi connectivity index (χ2n) is 1.95. The smallest absolute Gasteiger partial charge is 0.333 e. The minimum atomic E-state index is -1.23. The highest BCUT2D eigenvalue weighted by Crippen LogP contribution is 1.90. The van der Waals surface area contributed by atoms with Crippen molar-refractivity contribution < 1.29 is 14.6 Å². The largest absolute Gasteiger partial charge is 0.429 e. The molecule has 3 heteroatoms. The molecule has 3 nitrogen and oxygen atoms in total. The Morgan fingerprint density at radius 2 is 2.25 bits per heavy atom. The number of hydrogen-bond donors (Lipinski definition) is 1. The Labute approximate surface area is 71.7 Å². The molecule has 0 aromatic carbocycles. The normalized spacial score (nSPS) is 13.5. The van der Waals surface area contributed by atoms with E-state index in [1.807, 2.05) is 6.92 Å². The highest BCUT2D eigenvalue weighted by Gasteiger charge is 2.01. The van der Waals surface area contributed by atoms with E-state index in [4.69, 9.17) is 5.11 Å². The summed E-state index contributed by atoms with van der Waals surface area (Å²) in [6.07, 6.45) is 6.09. The predicted molar refractivity (Wildman–Crippen MR) is 46.2 cm³/mol. The van der Waals surface area contributed by atoms with Crippen molar-refractivity contribution in [1.82, 2.24) is 0 Å². The van der Waals surface area contributed by atoms with E-state index < -0.39 is 12.3 Å². The molecule has 0 aromatic rings. The fraction of sp³-hybridized carbons (Fsp3) is 0.222. The molecule has 0 aromatic heterocycles. The Morgan fingerprint density at radius 1 is 1.58 bits per heavy atom. The lowest BCUT2D eigenvalue weighted by atomic mass is 10.4. The van der Waals surface area contributed by atoms with Crippen LogP contribution in [0.5, 0.6) is 0 Å². The van der Waals surface area contributed by atoms with Gasteiger partial charge in [0.05, 0.1) is 0 Å². The van der Waals surface area contributed by atoms with Gasteiger partial charge in [-0.15, -0.1) is 0 Å². The molecule has 1 N–H and O–H groups in total. The van der Waals surface area contributed by atoms with Crippen LogP contribution >= 0.6 is 0 Å². The second kappa shape index (κ2) is 6.37. The second-order valence-corrected chi connectivity index (χ2v) is 1.95. The van der Waals surface area contributed by atoms with E-state index >= 15 is 0 Å². The molecule has 0 spiro atoms. The summed E-state index contributed by atoms with van der Waals surface area (Å²) in [5, 5.41) is 8.77. The van der Waals surface area contributed by atoms with Crippen LogP contribution < -0.4 is 0 Å². The number of allylic oxidation sites excluding steroid dienone is 3. The first-order valence-corrected chi connectivity index (χ1v) is 3.51. The Balaban J connectivity index is 3.81. The van der Waals surface area contributed by atoms with Gasteiger partial charge >= 0.3 is 5.97 Å². The Bertz CT molecular complexity index is 204. The van der Waals surface area contributed by atoms with Crippen molar-refractivity contribution in [3.8, 4) is 0 Å². The Morgan fingerprint density at radius 3 is 2.75 bits per heavy atom. The molecule has 0 rings (SSSR count). The van der Waals surface area contributed by atoms with E-state index in [1.54, 1.807) is 12.2 Å². The van der Waals surface area contributed by atoms with Gasteiger partial charge < -0.3 is 9.84 Å². The molecular formula is C9H12O3. The molecule has 0 fully saturated rings. The van der Waals surface area contributed by atoms with Gasteiger partial charge in [0.1, 0.15) is 0 Å². The van der Waals surface area contributed by atoms with Gasteiger partial charge in [-0.1, -0.05) is 24.8 Å². The molecule has 1 atom stereocenters. The average Bonchev–Trinajstić information content (AvgIpc) is 2.05. The molecule has 0 radical (unpaired) electrons. The maximum atomic E-state index is 10.7. The molecule has 0 heterocycles. The monoisotopic (exact) mass is 168 g/mol. The van der Waals surface area contributed by atoms with E-state index in [1.165, 1.54) is 12.2 Å². The van der Waals surface area contributed by atoms with Gasteiger partial charge in [0.15, 0.2) is 0 Å². The Hall–Kier alpha value is -1.35. The molecule has 0 aliphatic carbocycles. The van der Waals surface area contributed by atoms with Gasteiger partial charge in [-0.05, 0) is 13.0 Å². The molecule has 12 heavy (non-hydrogen) atoms. The summed E-state index contributed by atoms with van der Waals surface area (Å²) in [5.41, 5.74) is 0. The van der Waals surface area contributed by atoms with Crippen LogP contribution in [0.1, 0.15) is 6.92 Å². The number of esters is 1. The third-order valence-electron chi connectivity index (χ3n) is 0.974. The molecular weight excluding hydrogens is 156 g/mol. The summed E-state index contributed by atoms with van der Waals surface area (Å²) in [5.74, 6) is -0.597. The third-order valence-corrected chi connectivity index (χ3v) is 0.974. The van der Waals surface area contributed by atoms with Crippen molar-refractivity contribution in [2.24, 2.45) is 0 Å². The molecule has 66 valence electrons. The van der Waals surface area contributed by atoms with E-state index in [9.17, 15) is 4.79 Å². The van der Waals surface area contributed by atoms with Gasteiger partial charge in [-0.3, -0.25) is 0 Å². The minimum Gasteiger partial charge on any atom is -0.429 e. The highest BCUT2D eigenvalue weighted by atomic mass is 16.6. The van der Waals surface area contributed by atoms with E-state index in [0.717, 1.165) is 6.08 Å². The van der Waals surface area contributed by atoms with Crippen LogP contribution in [-0.2, 0) is 9.53 Å². The molecule has 0 bridgehead atoms. The first-order valence-electron chi connectivity index (χ1n) is 3.51. The van der Waals surface area contributed by atoms with Crippen LogP contribution in [-0.4, -0.2) is 17.4 Å². The third kappa shape index (κ3) is 5.44. The van der Waals surface area contributed by atoms with E-state index in [2.05, 4.69) is 11.3 Å². The summed E-state index contributed by atoms with van der Waals surface area (Å²) in [4.78, 5) is 10.7. The van der Waals surface area contributed by atoms with Crippen molar-refractivity contribution in [3.63, 3.8) is 0 Å². The molecule has 0 saturated heterocycles. The molecule has 0 aliphatic heterocycles. The number of hydrogen-bond acceptors (Lipinski definition) is 3. The number of carbonyl (C=O) groups excluding carboxylic acids is 1. The van der Waals surface area contributed by atoms with Gasteiger partial charge in [0, 0.05) is 6.08 Å². The van der Waals surface area contributed by atoms with Crippen LogP contribution in [0.15, 0.2) is 37.0 Å². The summed E-state index contributed by atoms with van der Waals surface area (Å²) in [6, 6.07) is 0. The molecule has 0 amide bonds. The zero-order chi connectivity index (χ0) is 9.40. The predicted octanol–water partition coefficient (Wildman–Crippen LogP) is 1.17. The zero-order valence-corrected chi connectivity index (χ0v) is 6.93. The number of rotatable bonds is 4. The van der Waals surface area contributed by atoms with Crippen LogP contribution in [0.3, 0.4) is 0 Å². The molecule has 0 aliphatic rings. The first-order chi connectivity index (χ1) is 5.70. The van der Waals surface area contributed by atoms with Crippen molar-refractivity contribution in [2.45, 2.75) is 13.2 Å². The minimum absolute atomic E-state index is 0.597. The van der Waals surface area contributed by atoms with E-state index in [-0.39, 0.29) is 0 Å². The summed E-state index contributed by atoms with van der Waals surface area (Å²) >= 11 is 0. The Kier molecular flexibility index (Phi) is 5.65. The van der Waals surface area contributed by atoms with Gasteiger partial charge in [-0.25, -0.2) is 4.79 Å². The fourth-order valence-electron chi connectivity index (χ4n) is 0.452. The van der Waals surface area contributed by atoms with Crippen molar-refractivity contribution >= 4 is 5.97 Å². The standard InChI is InChI=1S/C9H12O3/c1-3-5-6-7-9(11)12-8(10)4-2/h3-8,10H,2H2,1H3/b5-3+,7-6+. The summed E-state index contributed by atoms with van der Waals surface area (Å²) in [7, 11) is 0. The fourth-order valence-corrected chi connectivity index (χ4v) is 0.452. The van der Waals surface area contributed by atoms with Crippen molar-refractivity contribution in [1.29, 1.82) is 0 Å². The lowest BCUT2D eigenvalue weighted by Gasteiger charge is -2.03. The number of ether oxygens (including phenoxy) is 1. The maximum absolute atomic E-state index is 10.7. The number of carbonyl (C=O) groups is 1. The van der Waals surface area contributed by atoms with Gasteiger partial charge in [-0.2, -0.15) is 0 Å². The topological polar surface area (TPSA) is 46.5 Å². The maximum Gasteiger partial charge on any atom is 0.333 e. The van der Waals surface area contributed by atoms with Crippen LogP contribution in [0.2, 0.25) is 0 Å². The molecule has 0 saturated carbocycles.